The summed E-state index contributed by atoms with van der Waals surface area (Å²) in [5.74, 6) is 0.811. The number of benzene rings is 1. The second kappa shape index (κ2) is 4.49. The molecule has 5 nitrogen and oxygen atoms in total. The fraction of sp³-hybridized carbons (Fsp3) is 0.462. The molecule has 5 heteroatoms. The normalized spacial score (nSPS) is 25.5. The quantitative estimate of drug-likeness (QED) is 0.840. The van der Waals surface area contributed by atoms with Crippen LogP contribution in [0.4, 0.5) is 4.79 Å². The zero-order valence-corrected chi connectivity index (χ0v) is 10.0. The largest absolute Gasteiger partial charge is 0.490 e. The van der Waals surface area contributed by atoms with Crippen molar-refractivity contribution in [3.63, 3.8) is 0 Å². The van der Waals surface area contributed by atoms with Gasteiger partial charge in [0, 0.05) is 6.04 Å². The Kier molecular flexibility index (Phi) is 2.83. The molecule has 96 valence electrons. The predicted octanol–water partition coefficient (Wildman–Crippen LogP) is 1.12. The number of aryl methyl sites for hydroxylation is 1. The lowest BCUT2D eigenvalue weighted by molar-refractivity contribution is 0.105. The number of cyclic esters (lactones) is 1. The molecule has 0 saturated carbocycles. The molecule has 18 heavy (non-hydrogen) atoms. The van der Waals surface area contributed by atoms with Gasteiger partial charge in [-0.05, 0) is 36.1 Å². The highest BCUT2D eigenvalue weighted by Crippen LogP contribution is 2.31. The van der Waals surface area contributed by atoms with E-state index in [0.717, 1.165) is 18.6 Å². The first kappa shape index (κ1) is 11.3. The molecule has 1 amide bonds. The number of fused-ring (bicyclic) bond motifs is 1. The minimum atomic E-state index is -0.372. The van der Waals surface area contributed by atoms with Gasteiger partial charge >= 0.3 is 6.09 Å². The van der Waals surface area contributed by atoms with E-state index in [2.05, 4.69) is 5.32 Å². The van der Waals surface area contributed by atoms with Gasteiger partial charge in [-0.1, -0.05) is 6.07 Å². The standard InChI is InChI=1S/C13H16N2O3/c14-12-4-1-8-5-9(2-3-11(8)12)17-7-10-6-15-13(16)18-10/h2-3,5,10,12H,1,4,6-7,14H2,(H,15,16)/t10?,12-/m1/s1. The molecule has 1 saturated heterocycles. The first-order chi connectivity index (χ1) is 8.72. The summed E-state index contributed by atoms with van der Waals surface area (Å²) in [6.45, 7) is 0.887. The maximum atomic E-state index is 10.9. The van der Waals surface area contributed by atoms with E-state index in [1.807, 2.05) is 18.2 Å². The number of hydrogen-bond donors (Lipinski definition) is 2. The van der Waals surface area contributed by atoms with Crippen LogP contribution >= 0.6 is 0 Å². The second-order valence-corrected chi connectivity index (χ2v) is 4.73. The molecule has 0 spiro atoms. The number of alkyl carbamates (subject to hydrolysis) is 1. The average molecular weight is 248 g/mol. The van der Waals surface area contributed by atoms with Gasteiger partial charge in [-0.25, -0.2) is 4.79 Å². The van der Waals surface area contributed by atoms with Crippen molar-refractivity contribution in [1.82, 2.24) is 5.32 Å². The number of nitrogens with one attached hydrogen (secondary N) is 1. The monoisotopic (exact) mass is 248 g/mol. The number of carbonyl (C=O) groups is 1. The molecule has 1 heterocycles. The molecule has 2 aliphatic rings. The van der Waals surface area contributed by atoms with E-state index in [-0.39, 0.29) is 18.2 Å². The van der Waals surface area contributed by atoms with Gasteiger partial charge in [-0.3, -0.25) is 0 Å². The smallest absolute Gasteiger partial charge is 0.407 e. The Morgan fingerprint density at radius 2 is 2.39 bits per heavy atom. The Bertz CT molecular complexity index is 475. The minimum absolute atomic E-state index is 0.161. The van der Waals surface area contributed by atoms with Crippen molar-refractivity contribution in [2.24, 2.45) is 5.73 Å². The lowest BCUT2D eigenvalue weighted by Crippen LogP contribution is -2.22. The fourth-order valence-corrected chi connectivity index (χ4v) is 2.43. The SMILES string of the molecule is N[C@@H]1CCc2cc(OCC3CNC(=O)O3)ccc21. The van der Waals surface area contributed by atoms with E-state index >= 15 is 0 Å². The number of rotatable bonds is 3. The van der Waals surface area contributed by atoms with Crippen molar-refractivity contribution >= 4 is 6.09 Å². The van der Waals surface area contributed by atoms with Crippen molar-refractivity contribution in [3.8, 4) is 5.75 Å². The molecule has 1 unspecified atom stereocenters. The van der Waals surface area contributed by atoms with Gasteiger partial charge in [0.2, 0.25) is 0 Å². The third-order valence-electron chi connectivity index (χ3n) is 3.42. The zero-order valence-electron chi connectivity index (χ0n) is 10.0. The van der Waals surface area contributed by atoms with Crippen molar-refractivity contribution in [1.29, 1.82) is 0 Å². The van der Waals surface area contributed by atoms with Crippen molar-refractivity contribution in [2.75, 3.05) is 13.2 Å². The lowest BCUT2D eigenvalue weighted by atomic mass is 10.1. The van der Waals surface area contributed by atoms with Crippen molar-refractivity contribution in [2.45, 2.75) is 25.0 Å². The van der Waals surface area contributed by atoms with Crippen LogP contribution in [0.5, 0.6) is 5.75 Å². The third-order valence-corrected chi connectivity index (χ3v) is 3.42. The fourth-order valence-electron chi connectivity index (χ4n) is 2.43. The molecule has 1 fully saturated rings. The summed E-state index contributed by atoms with van der Waals surface area (Å²) in [6.07, 6.45) is 1.44. The van der Waals surface area contributed by atoms with E-state index in [4.69, 9.17) is 15.2 Å². The molecule has 1 aliphatic carbocycles. The van der Waals surface area contributed by atoms with Crippen LogP contribution in [0.3, 0.4) is 0 Å². The number of ether oxygens (including phenoxy) is 2. The molecule has 1 aliphatic heterocycles. The van der Waals surface area contributed by atoms with Gasteiger partial charge in [0.25, 0.3) is 0 Å². The Labute approximate surface area is 105 Å². The molecule has 0 radical (unpaired) electrons. The summed E-state index contributed by atoms with van der Waals surface area (Å²) in [6, 6.07) is 6.15. The van der Waals surface area contributed by atoms with Crippen LogP contribution in [0.1, 0.15) is 23.6 Å². The first-order valence-corrected chi connectivity index (χ1v) is 6.18. The van der Waals surface area contributed by atoms with Crippen LogP contribution in [-0.4, -0.2) is 25.3 Å². The molecular weight excluding hydrogens is 232 g/mol. The number of nitrogens with two attached hydrogens (primary N) is 1. The van der Waals surface area contributed by atoms with Crippen LogP contribution in [0.25, 0.3) is 0 Å². The average Bonchev–Trinajstić information content (AvgIpc) is 2.94. The highest BCUT2D eigenvalue weighted by Gasteiger charge is 2.23. The molecular formula is C13H16N2O3. The van der Waals surface area contributed by atoms with E-state index in [1.165, 1.54) is 11.1 Å². The zero-order chi connectivity index (χ0) is 12.5. The highest BCUT2D eigenvalue weighted by molar-refractivity contribution is 5.69. The summed E-state index contributed by atoms with van der Waals surface area (Å²) in [5.41, 5.74) is 8.46. The third kappa shape index (κ3) is 2.13. The lowest BCUT2D eigenvalue weighted by Gasteiger charge is -2.11. The molecule has 0 aromatic heterocycles. The van der Waals surface area contributed by atoms with Gasteiger partial charge in [-0.2, -0.15) is 0 Å². The molecule has 3 N–H and O–H groups in total. The van der Waals surface area contributed by atoms with Crippen LogP contribution in [-0.2, 0) is 11.2 Å². The van der Waals surface area contributed by atoms with E-state index in [0.29, 0.717) is 13.2 Å². The Morgan fingerprint density at radius 3 is 3.17 bits per heavy atom. The van der Waals surface area contributed by atoms with Gasteiger partial charge in [-0.15, -0.1) is 0 Å². The Balaban J connectivity index is 1.62. The second-order valence-electron chi connectivity index (χ2n) is 4.73. The van der Waals surface area contributed by atoms with Gasteiger partial charge in [0.1, 0.15) is 12.4 Å². The number of hydrogen-bond acceptors (Lipinski definition) is 4. The number of carbonyl (C=O) groups excluding carboxylic acids is 1. The molecule has 1 aromatic rings. The molecule has 2 atom stereocenters. The van der Waals surface area contributed by atoms with Crippen LogP contribution in [0.2, 0.25) is 0 Å². The Hall–Kier alpha value is -1.75. The van der Waals surface area contributed by atoms with E-state index in [1.54, 1.807) is 0 Å². The van der Waals surface area contributed by atoms with Gasteiger partial charge in [0.05, 0.1) is 6.54 Å². The van der Waals surface area contributed by atoms with E-state index < -0.39 is 0 Å². The number of amides is 1. The van der Waals surface area contributed by atoms with E-state index in [9.17, 15) is 4.79 Å². The predicted molar refractivity (Wildman–Crippen MR) is 65.5 cm³/mol. The van der Waals surface area contributed by atoms with Crippen LogP contribution in [0, 0.1) is 0 Å². The van der Waals surface area contributed by atoms with Crippen molar-refractivity contribution < 1.29 is 14.3 Å². The van der Waals surface area contributed by atoms with Crippen molar-refractivity contribution in [3.05, 3.63) is 29.3 Å². The summed E-state index contributed by atoms with van der Waals surface area (Å²) in [5, 5.41) is 2.60. The summed E-state index contributed by atoms with van der Waals surface area (Å²) in [4.78, 5) is 10.9. The molecule has 1 aromatic carbocycles. The topological polar surface area (TPSA) is 73.6 Å². The summed E-state index contributed by atoms with van der Waals surface area (Å²) < 4.78 is 10.6. The minimum Gasteiger partial charge on any atom is -0.490 e. The van der Waals surface area contributed by atoms with Crippen LogP contribution < -0.4 is 15.8 Å². The Morgan fingerprint density at radius 1 is 1.50 bits per heavy atom. The first-order valence-electron chi connectivity index (χ1n) is 6.18. The summed E-state index contributed by atoms with van der Waals surface area (Å²) in [7, 11) is 0. The molecule has 0 bridgehead atoms. The molecule has 3 rings (SSSR count). The maximum absolute atomic E-state index is 10.9. The van der Waals surface area contributed by atoms with Crippen LogP contribution in [0.15, 0.2) is 18.2 Å². The van der Waals surface area contributed by atoms with Gasteiger partial charge in [0.15, 0.2) is 6.10 Å². The maximum Gasteiger partial charge on any atom is 0.407 e. The summed E-state index contributed by atoms with van der Waals surface area (Å²) >= 11 is 0. The highest BCUT2D eigenvalue weighted by atomic mass is 16.6. The van der Waals surface area contributed by atoms with Gasteiger partial charge < -0.3 is 20.5 Å².